The summed E-state index contributed by atoms with van der Waals surface area (Å²) in [7, 11) is 0. The molecular weight excluding hydrogens is 818 g/mol. The quantitative estimate of drug-likeness (QED) is 0.166. The van der Waals surface area contributed by atoms with Gasteiger partial charge in [0.25, 0.3) is 0 Å². The molecule has 262 valence electrons. The summed E-state index contributed by atoms with van der Waals surface area (Å²) in [4.78, 5) is 9.92. The van der Waals surface area contributed by atoms with Gasteiger partial charge in [0.2, 0.25) is 5.88 Å². The summed E-state index contributed by atoms with van der Waals surface area (Å²) in [5, 5.41) is 2.26. The van der Waals surface area contributed by atoms with E-state index >= 15 is 0 Å². The summed E-state index contributed by atoms with van der Waals surface area (Å²) in [5.74, 6) is 2.01. The maximum Gasteiger partial charge on any atom is 2.00 e. The van der Waals surface area contributed by atoms with E-state index in [4.69, 9.17) is 14.7 Å². The van der Waals surface area contributed by atoms with Crippen molar-refractivity contribution in [2.24, 2.45) is 5.41 Å². The molecule has 4 aromatic carbocycles. The Labute approximate surface area is 321 Å². The van der Waals surface area contributed by atoms with Gasteiger partial charge in [0.1, 0.15) is 5.82 Å². The van der Waals surface area contributed by atoms with Gasteiger partial charge in [-0.05, 0) is 80.1 Å². The van der Waals surface area contributed by atoms with Crippen LogP contribution in [-0.2, 0) is 50.2 Å². The molecule has 2 aliphatic rings. The van der Waals surface area contributed by atoms with Gasteiger partial charge in [-0.15, -0.1) is 52.4 Å². The first-order valence-electron chi connectivity index (χ1n) is 18.1. The fraction of sp³-hybridized carbons (Fsp3) is 0.277. The maximum atomic E-state index is 6.52. The minimum absolute atomic E-state index is 0. The number of pyridine rings is 2. The van der Waals surface area contributed by atoms with Crippen molar-refractivity contribution in [2.45, 2.75) is 77.6 Å². The summed E-state index contributed by atoms with van der Waals surface area (Å²) in [6.45, 7) is 16.5. The Kier molecular flexibility index (Phi) is 7.97. The van der Waals surface area contributed by atoms with Gasteiger partial charge in [-0.2, -0.15) is 6.07 Å². The van der Waals surface area contributed by atoms with E-state index in [0.29, 0.717) is 11.6 Å². The average Bonchev–Trinajstić information content (AvgIpc) is 3.72. The van der Waals surface area contributed by atoms with Crippen LogP contribution in [0.15, 0.2) is 109 Å². The first kappa shape index (κ1) is 34.5. The number of aromatic nitrogens is 3. The van der Waals surface area contributed by atoms with Crippen LogP contribution in [0.25, 0.3) is 38.9 Å². The van der Waals surface area contributed by atoms with Gasteiger partial charge >= 0.3 is 21.1 Å². The number of nitrogens with zero attached hydrogens (tertiary/aromatic N) is 3. The normalized spacial score (nSPS) is 16.5. The van der Waals surface area contributed by atoms with Crippen molar-refractivity contribution in [3.63, 3.8) is 0 Å². The zero-order valence-electron chi connectivity index (χ0n) is 30.9. The van der Waals surface area contributed by atoms with Crippen LogP contribution in [-0.4, -0.2) is 14.5 Å². The second kappa shape index (κ2) is 12.0. The maximum absolute atomic E-state index is 6.52. The summed E-state index contributed by atoms with van der Waals surface area (Å²) < 4.78 is 8.71. The topological polar surface area (TPSA) is 39.9 Å². The van der Waals surface area contributed by atoms with Gasteiger partial charge < -0.3 is 9.30 Å². The smallest absolute Gasteiger partial charge is 0.466 e. The van der Waals surface area contributed by atoms with E-state index in [1.165, 1.54) is 27.8 Å². The Hall–Kier alpha value is -4.53. The van der Waals surface area contributed by atoms with E-state index < -0.39 is 0 Å². The molecule has 0 bridgehead atoms. The molecule has 9 rings (SSSR count). The van der Waals surface area contributed by atoms with Crippen LogP contribution in [0, 0.1) is 17.5 Å². The number of hydrogen-bond donors (Lipinski definition) is 0. The molecule has 0 radical (unpaired) electrons. The van der Waals surface area contributed by atoms with Gasteiger partial charge in [0.05, 0.1) is 0 Å². The molecule has 7 aromatic rings. The predicted molar refractivity (Wildman–Crippen MR) is 207 cm³/mol. The summed E-state index contributed by atoms with van der Waals surface area (Å²) in [5.41, 5.74) is 11.0. The van der Waals surface area contributed by atoms with Gasteiger partial charge in [0, 0.05) is 17.5 Å². The van der Waals surface area contributed by atoms with E-state index in [1.54, 1.807) is 0 Å². The molecule has 0 unspecified atom stereocenters. The van der Waals surface area contributed by atoms with Gasteiger partial charge in [0.15, 0.2) is 0 Å². The third-order valence-corrected chi connectivity index (χ3v) is 12.4. The molecule has 0 saturated heterocycles. The van der Waals surface area contributed by atoms with E-state index in [2.05, 4.69) is 150 Å². The van der Waals surface area contributed by atoms with Crippen LogP contribution in [0.5, 0.6) is 11.6 Å². The molecule has 5 heteroatoms. The zero-order valence-corrected chi connectivity index (χ0v) is 33.1. The zero-order chi connectivity index (χ0) is 35.3. The molecule has 0 aliphatic heterocycles. The van der Waals surface area contributed by atoms with Crippen LogP contribution in [0.1, 0.15) is 76.3 Å². The molecule has 0 fully saturated rings. The number of ether oxygens (including phenoxy) is 1. The largest absolute Gasteiger partial charge is 2.00 e. The Balaban J connectivity index is 0.00000387. The molecular formula is C47H43N3OPt. The van der Waals surface area contributed by atoms with Crippen LogP contribution in [0.3, 0.4) is 0 Å². The first-order chi connectivity index (χ1) is 24.4. The average molecular weight is 861 g/mol. The van der Waals surface area contributed by atoms with Gasteiger partial charge in [-0.1, -0.05) is 115 Å². The second-order valence-electron chi connectivity index (χ2n) is 16.6. The summed E-state index contributed by atoms with van der Waals surface area (Å²) >= 11 is 0. The van der Waals surface area contributed by atoms with E-state index in [0.717, 1.165) is 51.7 Å². The van der Waals surface area contributed by atoms with Crippen molar-refractivity contribution in [2.75, 3.05) is 0 Å². The summed E-state index contributed by atoms with van der Waals surface area (Å²) in [6, 6.07) is 43.5. The Morgan fingerprint density at radius 3 is 2.25 bits per heavy atom. The fourth-order valence-corrected chi connectivity index (χ4v) is 9.52. The standard InChI is InChI=1S/C47H43N3O.Pt/c1-44(2,3)31-24-25-48-42(26-31)50-40-20-11-8-15-34(40)35-23-22-32(27-41(35)50)51-43-21-13-19-39(49-43)33-16-12-14-30-28-47(29-36(30)33)45(4,5)37-17-9-10-18-38(37)46(47,6)7;/h8-15,17-26H,28-29H2,1-7H3;/q-2;+2. The number of para-hydroxylation sites is 1. The van der Waals surface area contributed by atoms with Crippen LogP contribution < -0.4 is 4.74 Å². The summed E-state index contributed by atoms with van der Waals surface area (Å²) in [6.07, 6.45) is 3.92. The third kappa shape index (κ3) is 4.97. The minimum atomic E-state index is -0.00346. The molecule has 2 aliphatic carbocycles. The van der Waals surface area contributed by atoms with Crippen molar-refractivity contribution < 1.29 is 25.8 Å². The van der Waals surface area contributed by atoms with Gasteiger partial charge in [-0.25, -0.2) is 4.98 Å². The van der Waals surface area contributed by atoms with Crippen molar-refractivity contribution >= 4 is 21.8 Å². The third-order valence-electron chi connectivity index (χ3n) is 12.4. The molecule has 0 atom stereocenters. The van der Waals surface area contributed by atoms with Crippen molar-refractivity contribution in [1.29, 1.82) is 0 Å². The molecule has 3 aromatic heterocycles. The SMILES string of the molecule is CC(C)(C)c1ccnc(-n2c3[c-]c(Oc4cccc(-c5[c-]ccc6c5CC5(C6)C(C)(C)c6ccccc6C5(C)C)n4)ccc3c3ccccc32)c1.[Pt+2]. The first-order valence-corrected chi connectivity index (χ1v) is 18.1. The Morgan fingerprint density at radius 2 is 1.50 bits per heavy atom. The van der Waals surface area contributed by atoms with E-state index in [1.807, 2.05) is 24.4 Å². The fourth-order valence-electron chi connectivity index (χ4n) is 9.52. The van der Waals surface area contributed by atoms with E-state index in [-0.39, 0.29) is 42.7 Å². The molecule has 1 spiro atoms. The van der Waals surface area contributed by atoms with E-state index in [9.17, 15) is 0 Å². The van der Waals surface area contributed by atoms with Crippen molar-refractivity contribution in [3.8, 4) is 28.7 Å². The van der Waals surface area contributed by atoms with Gasteiger partial charge in [-0.3, -0.25) is 4.98 Å². The van der Waals surface area contributed by atoms with Crippen molar-refractivity contribution in [1.82, 2.24) is 14.5 Å². The van der Waals surface area contributed by atoms with Crippen LogP contribution in [0.4, 0.5) is 0 Å². The number of fused-ring (bicyclic) bond motifs is 5. The molecule has 0 saturated carbocycles. The van der Waals surface area contributed by atoms with Crippen LogP contribution >= 0.6 is 0 Å². The molecule has 0 amide bonds. The van der Waals surface area contributed by atoms with Crippen molar-refractivity contribution in [3.05, 3.63) is 149 Å². The molecule has 4 nitrogen and oxygen atoms in total. The van der Waals surface area contributed by atoms with Crippen LogP contribution in [0.2, 0.25) is 0 Å². The minimum Gasteiger partial charge on any atom is -0.466 e. The number of rotatable bonds is 4. The molecule has 3 heterocycles. The second-order valence-corrected chi connectivity index (χ2v) is 16.6. The number of benzene rings is 4. The number of hydrogen-bond acceptors (Lipinski definition) is 3. The monoisotopic (exact) mass is 860 g/mol. The predicted octanol–water partition coefficient (Wildman–Crippen LogP) is 11.3. The Bertz CT molecular complexity index is 2480. The Morgan fingerprint density at radius 1 is 0.769 bits per heavy atom. The molecule has 52 heavy (non-hydrogen) atoms. The molecule has 0 N–H and O–H groups in total.